The highest BCUT2D eigenvalue weighted by molar-refractivity contribution is 7.89. The summed E-state index contributed by atoms with van der Waals surface area (Å²) in [7, 11) is -0.597. The van der Waals surface area contributed by atoms with Gasteiger partial charge in [-0.1, -0.05) is 11.3 Å². The minimum atomic E-state index is -3.56. The van der Waals surface area contributed by atoms with Crippen LogP contribution in [-0.4, -0.2) is 57.0 Å². The van der Waals surface area contributed by atoms with E-state index in [4.69, 9.17) is 9.72 Å². The molecular weight excluding hydrogens is 446 g/mol. The number of anilines is 1. The molecule has 1 saturated heterocycles. The fraction of sp³-hybridized carbons (Fsp3) is 0.391. The molecule has 1 unspecified atom stereocenters. The van der Waals surface area contributed by atoms with Crippen LogP contribution in [0.25, 0.3) is 10.2 Å². The number of hydrogen-bond acceptors (Lipinski definition) is 6. The summed E-state index contributed by atoms with van der Waals surface area (Å²) in [5.74, 6) is -0.221. The van der Waals surface area contributed by atoms with Crippen molar-refractivity contribution in [1.82, 2.24) is 9.29 Å². The molecule has 1 aromatic heterocycles. The summed E-state index contributed by atoms with van der Waals surface area (Å²) < 4.78 is 32.7. The van der Waals surface area contributed by atoms with Gasteiger partial charge in [-0.25, -0.2) is 17.7 Å². The van der Waals surface area contributed by atoms with Crippen LogP contribution >= 0.6 is 11.3 Å². The number of ether oxygens (including phenoxy) is 1. The smallest absolute Gasteiger partial charge is 0.260 e. The van der Waals surface area contributed by atoms with Crippen molar-refractivity contribution in [3.05, 3.63) is 53.1 Å². The quantitative estimate of drug-likeness (QED) is 0.541. The van der Waals surface area contributed by atoms with Crippen LogP contribution in [0.5, 0.6) is 0 Å². The third-order valence-corrected chi connectivity index (χ3v) is 8.63. The number of rotatable bonds is 6. The number of fused-ring (bicyclic) bond motifs is 1. The topological polar surface area (TPSA) is 79.8 Å². The van der Waals surface area contributed by atoms with E-state index in [1.54, 1.807) is 17.0 Å². The second-order valence-corrected chi connectivity index (χ2v) is 11.4. The number of carbonyl (C=O) groups is 1. The average molecular weight is 474 g/mol. The number of aromatic nitrogens is 1. The number of nitrogens with zero attached hydrogens (tertiary/aromatic N) is 3. The third-order valence-electron chi connectivity index (χ3n) is 5.76. The molecule has 170 valence electrons. The van der Waals surface area contributed by atoms with Crippen LogP contribution < -0.4 is 4.90 Å². The van der Waals surface area contributed by atoms with E-state index in [9.17, 15) is 13.2 Å². The van der Waals surface area contributed by atoms with E-state index in [-0.39, 0.29) is 16.9 Å². The molecule has 9 heteroatoms. The second-order valence-electron chi connectivity index (χ2n) is 8.26. The Morgan fingerprint density at radius 3 is 2.47 bits per heavy atom. The fourth-order valence-corrected chi connectivity index (χ4v) is 5.61. The molecule has 0 radical (unpaired) electrons. The van der Waals surface area contributed by atoms with Crippen molar-refractivity contribution in [2.45, 2.75) is 37.7 Å². The van der Waals surface area contributed by atoms with Gasteiger partial charge in [0.15, 0.2) is 5.13 Å². The van der Waals surface area contributed by atoms with Gasteiger partial charge >= 0.3 is 0 Å². The zero-order valence-corrected chi connectivity index (χ0v) is 20.3. The van der Waals surface area contributed by atoms with Crippen molar-refractivity contribution in [2.24, 2.45) is 0 Å². The summed E-state index contributed by atoms with van der Waals surface area (Å²) in [4.78, 5) is 20.1. The molecule has 1 aliphatic heterocycles. The van der Waals surface area contributed by atoms with Crippen LogP contribution in [0.4, 0.5) is 5.13 Å². The minimum absolute atomic E-state index is 0.0390. The lowest BCUT2D eigenvalue weighted by molar-refractivity contribution is 0.0917. The Balaban J connectivity index is 1.69. The standard InChI is InChI=1S/C23H27N3O4S2/c1-15-12-20-21(13-16(15)2)31-23(24-20)26(14-18-6-5-11-30-18)22(27)17-7-9-19(10-8-17)32(28,29)25(3)4/h7-10,12-13,18H,5-6,11,14H2,1-4H3. The van der Waals surface area contributed by atoms with Gasteiger partial charge in [0, 0.05) is 26.3 Å². The van der Waals surface area contributed by atoms with Gasteiger partial charge in [-0.05, 0) is 74.2 Å². The van der Waals surface area contributed by atoms with Crippen LogP contribution in [0.15, 0.2) is 41.3 Å². The molecule has 0 bridgehead atoms. The van der Waals surface area contributed by atoms with E-state index < -0.39 is 10.0 Å². The van der Waals surface area contributed by atoms with Crippen LogP contribution in [0, 0.1) is 13.8 Å². The molecule has 0 spiro atoms. The molecule has 0 aliphatic carbocycles. The van der Waals surface area contributed by atoms with Crippen molar-refractivity contribution in [3.8, 4) is 0 Å². The summed E-state index contributed by atoms with van der Waals surface area (Å²) in [6.07, 6.45) is 1.83. The molecular formula is C23H27N3O4S2. The molecule has 1 amide bonds. The highest BCUT2D eigenvalue weighted by atomic mass is 32.2. The van der Waals surface area contributed by atoms with Gasteiger partial charge < -0.3 is 4.74 Å². The van der Waals surface area contributed by atoms with E-state index in [1.165, 1.54) is 43.1 Å². The molecule has 2 aromatic carbocycles. The van der Waals surface area contributed by atoms with Gasteiger partial charge in [0.1, 0.15) is 0 Å². The predicted molar refractivity (Wildman–Crippen MR) is 127 cm³/mol. The Kier molecular flexibility index (Phi) is 6.35. The molecule has 3 aromatic rings. The van der Waals surface area contributed by atoms with Crippen LogP contribution in [0.1, 0.15) is 34.3 Å². The number of sulfonamides is 1. The van der Waals surface area contributed by atoms with Crippen molar-refractivity contribution in [3.63, 3.8) is 0 Å². The summed E-state index contributed by atoms with van der Waals surface area (Å²) in [6.45, 7) is 5.22. The highest BCUT2D eigenvalue weighted by Crippen LogP contribution is 2.32. The zero-order valence-electron chi connectivity index (χ0n) is 18.7. The zero-order chi connectivity index (χ0) is 23.0. The molecule has 2 heterocycles. The van der Waals surface area contributed by atoms with E-state index in [2.05, 4.69) is 13.0 Å². The summed E-state index contributed by atoms with van der Waals surface area (Å²) in [5, 5.41) is 0.621. The lowest BCUT2D eigenvalue weighted by Gasteiger charge is -2.23. The van der Waals surface area contributed by atoms with Gasteiger partial charge in [0.2, 0.25) is 10.0 Å². The summed E-state index contributed by atoms with van der Waals surface area (Å²) in [5.41, 5.74) is 3.62. The first kappa shape index (κ1) is 22.8. The van der Waals surface area contributed by atoms with Gasteiger partial charge in [-0.2, -0.15) is 0 Å². The van der Waals surface area contributed by atoms with Crippen molar-refractivity contribution in [1.29, 1.82) is 0 Å². The number of thiazole rings is 1. The van der Waals surface area contributed by atoms with E-state index >= 15 is 0 Å². The maximum absolute atomic E-state index is 13.5. The van der Waals surface area contributed by atoms with Crippen LogP contribution in [-0.2, 0) is 14.8 Å². The van der Waals surface area contributed by atoms with Gasteiger partial charge in [0.05, 0.1) is 27.8 Å². The Hall–Kier alpha value is -2.33. The van der Waals surface area contributed by atoms with E-state index in [0.717, 1.165) is 32.9 Å². The summed E-state index contributed by atoms with van der Waals surface area (Å²) in [6, 6.07) is 10.2. The number of hydrogen-bond donors (Lipinski definition) is 0. The number of carbonyl (C=O) groups excluding carboxylic acids is 1. The molecule has 0 N–H and O–H groups in total. The van der Waals surface area contributed by atoms with E-state index in [0.29, 0.717) is 23.8 Å². The lowest BCUT2D eigenvalue weighted by Crippen LogP contribution is -2.37. The molecule has 0 saturated carbocycles. The van der Waals surface area contributed by atoms with Crippen molar-refractivity contribution >= 4 is 42.6 Å². The molecule has 7 nitrogen and oxygen atoms in total. The lowest BCUT2D eigenvalue weighted by atomic mass is 10.1. The first-order valence-electron chi connectivity index (χ1n) is 10.5. The maximum Gasteiger partial charge on any atom is 0.260 e. The monoisotopic (exact) mass is 473 g/mol. The third kappa shape index (κ3) is 4.43. The Labute approximate surface area is 192 Å². The number of amides is 1. The summed E-state index contributed by atoms with van der Waals surface area (Å²) >= 11 is 1.48. The number of benzene rings is 2. The van der Waals surface area contributed by atoms with Crippen LogP contribution in [0.3, 0.4) is 0 Å². The normalized spacial score (nSPS) is 16.7. The first-order chi connectivity index (χ1) is 15.2. The minimum Gasteiger partial charge on any atom is -0.376 e. The SMILES string of the molecule is Cc1cc2nc(N(CC3CCCO3)C(=O)c3ccc(S(=O)(=O)N(C)C)cc3)sc2cc1C. The van der Waals surface area contributed by atoms with Gasteiger partial charge in [-0.3, -0.25) is 9.69 Å². The maximum atomic E-state index is 13.5. The van der Waals surface area contributed by atoms with E-state index in [1.807, 2.05) is 13.0 Å². The largest absolute Gasteiger partial charge is 0.376 e. The second kappa shape index (κ2) is 8.90. The Morgan fingerprint density at radius 2 is 1.84 bits per heavy atom. The molecule has 4 rings (SSSR count). The van der Waals surface area contributed by atoms with Gasteiger partial charge in [-0.15, -0.1) is 0 Å². The Bertz CT molecular complexity index is 1210. The van der Waals surface area contributed by atoms with Crippen molar-refractivity contribution in [2.75, 3.05) is 32.1 Å². The molecule has 32 heavy (non-hydrogen) atoms. The fourth-order valence-electron chi connectivity index (χ4n) is 3.66. The van der Waals surface area contributed by atoms with Crippen LogP contribution in [0.2, 0.25) is 0 Å². The average Bonchev–Trinajstić information content (AvgIpc) is 3.41. The van der Waals surface area contributed by atoms with Gasteiger partial charge in [0.25, 0.3) is 5.91 Å². The molecule has 1 atom stereocenters. The molecule has 1 fully saturated rings. The first-order valence-corrected chi connectivity index (χ1v) is 12.8. The number of aryl methyl sites for hydroxylation is 2. The van der Waals surface area contributed by atoms with Crippen molar-refractivity contribution < 1.29 is 17.9 Å². The predicted octanol–water partition coefficient (Wildman–Crippen LogP) is 3.99. The Morgan fingerprint density at radius 1 is 1.16 bits per heavy atom. The molecule has 1 aliphatic rings. The highest BCUT2D eigenvalue weighted by Gasteiger charge is 2.27.